The van der Waals surface area contributed by atoms with Crippen molar-refractivity contribution in [3.05, 3.63) is 64.8 Å². The van der Waals surface area contributed by atoms with Crippen LogP contribution in [0.25, 0.3) is 11.3 Å². The Bertz CT molecular complexity index is 1710. The zero-order valence-corrected chi connectivity index (χ0v) is 28.1. The van der Waals surface area contributed by atoms with E-state index in [0.29, 0.717) is 23.9 Å². The molecule has 5 N–H and O–H groups in total. The van der Waals surface area contributed by atoms with Gasteiger partial charge in [0.15, 0.2) is 5.76 Å². The highest BCUT2D eigenvalue weighted by molar-refractivity contribution is 5.73. The van der Waals surface area contributed by atoms with E-state index in [9.17, 15) is 49.6 Å². The van der Waals surface area contributed by atoms with Crippen LogP contribution in [0.4, 0.5) is 56.9 Å². The zero-order chi connectivity index (χ0) is 40.7. The summed E-state index contributed by atoms with van der Waals surface area (Å²) in [4.78, 5) is 35.1. The second-order valence-electron chi connectivity index (χ2n) is 12.6. The van der Waals surface area contributed by atoms with Crippen molar-refractivity contribution >= 4 is 29.3 Å². The van der Waals surface area contributed by atoms with Crippen LogP contribution in [0.5, 0.6) is 5.75 Å². The largest absolute Gasteiger partial charge is 0.573 e. The standard InChI is InChI=1S/C28H32F3N5O4.2C2HF3O2/c1-26(14-4-16-35(18-26)20-8-10-21(11-9-20)36(37)38)27(32)15-3-2-5-24(27)34-25-33-17-23(39-25)19-6-12-22(13-7-19)40-28(29,30)31;2*3-2(4,5)1(6)7/h6-13,17,24H,2-5,14-16,18,32H2,1H3,(H,33,34);2*(H,6,7)/t24?,26-,27?;;/m0../s1. The van der Waals surface area contributed by atoms with E-state index >= 15 is 0 Å². The molecule has 2 aliphatic rings. The third-order valence-electron chi connectivity index (χ3n) is 8.86. The minimum atomic E-state index is -5.08. The van der Waals surface area contributed by atoms with Crippen LogP contribution in [0, 0.1) is 15.5 Å². The second-order valence-corrected chi connectivity index (χ2v) is 12.6. The number of alkyl halides is 9. The Morgan fingerprint density at radius 2 is 1.50 bits per heavy atom. The molecule has 3 atom stereocenters. The number of carbonyl (C=O) groups is 2. The van der Waals surface area contributed by atoms with E-state index in [0.717, 1.165) is 50.8 Å². The van der Waals surface area contributed by atoms with Gasteiger partial charge in [0.05, 0.1) is 11.1 Å². The number of oxazole rings is 1. The van der Waals surface area contributed by atoms with Gasteiger partial charge >= 0.3 is 30.7 Å². The topological polar surface area (TPSA) is 194 Å². The molecular weight excluding hydrogens is 753 g/mol. The number of piperidine rings is 1. The van der Waals surface area contributed by atoms with Crippen LogP contribution in [0.3, 0.4) is 0 Å². The van der Waals surface area contributed by atoms with Crippen LogP contribution in [-0.2, 0) is 9.59 Å². The molecule has 3 aromatic rings. The minimum absolute atomic E-state index is 0.0614. The number of halogens is 9. The van der Waals surface area contributed by atoms with Gasteiger partial charge in [0, 0.05) is 53.5 Å². The van der Waals surface area contributed by atoms with E-state index in [2.05, 4.69) is 26.9 Å². The van der Waals surface area contributed by atoms with E-state index in [1.165, 1.54) is 42.6 Å². The number of anilines is 2. The van der Waals surface area contributed by atoms with Crippen LogP contribution in [0.2, 0.25) is 0 Å². The lowest BCUT2D eigenvalue weighted by Gasteiger charge is -2.56. The first kappa shape index (κ1) is 43.1. The number of non-ortho nitro benzene ring substituents is 1. The van der Waals surface area contributed by atoms with Crippen LogP contribution < -0.4 is 20.7 Å². The van der Waals surface area contributed by atoms with Gasteiger partial charge in [-0.15, -0.1) is 13.2 Å². The average molecular weight is 788 g/mol. The summed E-state index contributed by atoms with van der Waals surface area (Å²) in [6.45, 7) is 3.77. The number of nitro groups is 1. The van der Waals surface area contributed by atoms with Crippen LogP contribution >= 0.6 is 0 Å². The number of nitrogens with two attached hydrogens (primary N) is 1. The predicted octanol–water partition coefficient (Wildman–Crippen LogP) is 7.77. The molecule has 0 radical (unpaired) electrons. The minimum Gasteiger partial charge on any atom is -0.475 e. The van der Waals surface area contributed by atoms with E-state index in [1.807, 2.05) is 0 Å². The molecule has 0 amide bonds. The summed E-state index contributed by atoms with van der Waals surface area (Å²) in [6.07, 6.45) is -7.84. The van der Waals surface area contributed by atoms with Gasteiger partial charge in [-0.05, 0) is 62.1 Å². The number of nitrogens with one attached hydrogen (secondary N) is 1. The zero-order valence-electron chi connectivity index (χ0n) is 28.1. The molecule has 1 aliphatic heterocycles. The molecule has 1 saturated heterocycles. The van der Waals surface area contributed by atoms with Crippen molar-refractivity contribution in [2.75, 3.05) is 23.3 Å². The van der Waals surface area contributed by atoms with Gasteiger partial charge in [-0.3, -0.25) is 10.1 Å². The number of rotatable bonds is 7. The summed E-state index contributed by atoms with van der Waals surface area (Å²) in [5, 5.41) is 28.8. The molecule has 13 nitrogen and oxygen atoms in total. The molecule has 1 aliphatic carbocycles. The average Bonchev–Trinajstić information content (AvgIpc) is 3.54. The summed E-state index contributed by atoms with van der Waals surface area (Å²) in [5.74, 6) is -5.42. The maximum absolute atomic E-state index is 12.5. The van der Waals surface area contributed by atoms with Crippen LogP contribution in [0.1, 0.15) is 45.4 Å². The molecular formula is C32H34F9N5O8. The molecule has 2 unspecified atom stereocenters. The number of hydrogen-bond acceptors (Lipinski definition) is 10. The maximum Gasteiger partial charge on any atom is 0.573 e. The second kappa shape index (κ2) is 16.8. The summed E-state index contributed by atoms with van der Waals surface area (Å²) in [6, 6.07) is 12.2. The summed E-state index contributed by atoms with van der Waals surface area (Å²) < 4.78 is 111. The van der Waals surface area contributed by atoms with Crippen molar-refractivity contribution in [1.29, 1.82) is 0 Å². The van der Waals surface area contributed by atoms with Crippen molar-refractivity contribution in [3.63, 3.8) is 0 Å². The van der Waals surface area contributed by atoms with Gasteiger partial charge < -0.3 is 35.3 Å². The number of aromatic nitrogens is 1. The molecule has 2 fully saturated rings. The van der Waals surface area contributed by atoms with Crippen molar-refractivity contribution in [2.24, 2.45) is 11.1 Å². The Morgan fingerprint density at radius 1 is 0.944 bits per heavy atom. The van der Waals surface area contributed by atoms with Gasteiger partial charge in [-0.1, -0.05) is 19.8 Å². The first-order chi connectivity index (χ1) is 24.8. The molecule has 0 spiro atoms. The number of benzene rings is 2. The van der Waals surface area contributed by atoms with E-state index in [1.54, 1.807) is 12.1 Å². The van der Waals surface area contributed by atoms with Gasteiger partial charge in [0.1, 0.15) is 5.75 Å². The molecule has 298 valence electrons. The highest BCUT2D eigenvalue weighted by Crippen LogP contribution is 2.47. The first-order valence-electron chi connectivity index (χ1n) is 15.8. The molecule has 2 aromatic carbocycles. The fourth-order valence-electron chi connectivity index (χ4n) is 6.19. The fourth-order valence-corrected chi connectivity index (χ4v) is 6.19. The number of carboxylic acids is 2. The lowest BCUT2D eigenvalue weighted by atomic mass is 9.58. The smallest absolute Gasteiger partial charge is 0.475 e. The summed E-state index contributed by atoms with van der Waals surface area (Å²) in [7, 11) is 0. The van der Waals surface area contributed by atoms with Crippen molar-refractivity contribution in [1.82, 2.24) is 4.98 Å². The Hall–Kier alpha value is -5.28. The lowest BCUT2D eigenvalue weighted by Crippen LogP contribution is -2.69. The third kappa shape index (κ3) is 11.6. The normalized spacial score (nSPS) is 21.8. The van der Waals surface area contributed by atoms with Crippen molar-refractivity contribution in [2.45, 2.75) is 75.7 Å². The van der Waals surface area contributed by atoms with Crippen molar-refractivity contribution < 1.29 is 73.4 Å². The monoisotopic (exact) mass is 787 g/mol. The maximum atomic E-state index is 12.5. The molecule has 5 rings (SSSR count). The molecule has 1 aromatic heterocycles. The number of nitro benzene ring substituents is 1. The predicted molar refractivity (Wildman–Crippen MR) is 171 cm³/mol. The Kier molecular flexibility index (Phi) is 13.4. The van der Waals surface area contributed by atoms with Crippen LogP contribution in [0.15, 0.2) is 59.1 Å². The molecule has 1 saturated carbocycles. The van der Waals surface area contributed by atoms with E-state index in [4.69, 9.17) is 30.0 Å². The Labute approximate surface area is 300 Å². The highest BCUT2D eigenvalue weighted by atomic mass is 19.4. The molecule has 2 heterocycles. The SMILES string of the molecule is C[C@]1(C2(N)CCCCC2Nc2ncc(-c3ccc(OC(F)(F)F)cc3)o2)CCCN(c2ccc([N+](=O)[O-])cc2)C1.O=C(O)C(F)(F)F.O=C(O)C(F)(F)F. The van der Waals surface area contributed by atoms with Crippen LogP contribution in [-0.4, -0.2) is 75.4 Å². The quantitative estimate of drug-likeness (QED) is 0.103. The molecule has 22 heteroatoms. The van der Waals surface area contributed by atoms with Gasteiger partial charge in [-0.2, -0.15) is 26.3 Å². The number of ether oxygens (including phenoxy) is 1. The molecule has 0 bridgehead atoms. The van der Waals surface area contributed by atoms with E-state index in [-0.39, 0.29) is 22.9 Å². The highest BCUT2D eigenvalue weighted by Gasteiger charge is 2.53. The number of nitrogens with zero attached hydrogens (tertiary/aromatic N) is 3. The molecule has 54 heavy (non-hydrogen) atoms. The van der Waals surface area contributed by atoms with Crippen molar-refractivity contribution in [3.8, 4) is 17.1 Å². The summed E-state index contributed by atoms with van der Waals surface area (Å²) in [5.41, 5.74) is 8.03. The van der Waals surface area contributed by atoms with Gasteiger partial charge in [0.25, 0.3) is 11.7 Å². The van der Waals surface area contributed by atoms with Gasteiger partial charge in [-0.25, -0.2) is 14.6 Å². The fraction of sp³-hybridized carbons (Fsp3) is 0.469. The number of carboxylic acid groups (broad SMARTS) is 2. The third-order valence-corrected chi connectivity index (χ3v) is 8.86. The lowest BCUT2D eigenvalue weighted by molar-refractivity contribution is -0.384. The summed E-state index contributed by atoms with van der Waals surface area (Å²) >= 11 is 0. The Morgan fingerprint density at radius 3 is 2.00 bits per heavy atom. The van der Waals surface area contributed by atoms with Gasteiger partial charge in [0.2, 0.25) is 0 Å². The number of aliphatic carboxylic acids is 2. The first-order valence-corrected chi connectivity index (χ1v) is 15.8. The Balaban J connectivity index is 0.000000476. The van der Waals surface area contributed by atoms with E-state index < -0.39 is 41.1 Å². The number of hydrogen-bond donors (Lipinski definition) is 4.